The first kappa shape index (κ1) is 15.7. The van der Waals surface area contributed by atoms with Crippen LogP contribution in [0.4, 0.5) is 4.39 Å². The van der Waals surface area contributed by atoms with Crippen molar-refractivity contribution in [3.8, 4) is 0 Å². The molecule has 19 heavy (non-hydrogen) atoms. The van der Waals surface area contributed by atoms with Gasteiger partial charge in [-0.1, -0.05) is 22.9 Å². The lowest BCUT2D eigenvalue weighted by atomic mass is 10.0. The first-order valence-corrected chi connectivity index (χ1v) is 9.35. The number of benzene rings is 1. The molecule has 1 aromatic carbocycles. The maximum absolute atomic E-state index is 13.4. The third kappa shape index (κ3) is 4.13. The van der Waals surface area contributed by atoms with Crippen molar-refractivity contribution < 1.29 is 4.39 Å². The summed E-state index contributed by atoms with van der Waals surface area (Å²) >= 11 is 7.60. The molecule has 2 rings (SSSR count). The minimum atomic E-state index is -0.160. The Morgan fingerprint density at radius 2 is 2.16 bits per heavy atom. The molecule has 0 aromatic heterocycles. The van der Waals surface area contributed by atoms with E-state index in [0.29, 0.717) is 16.5 Å². The maximum atomic E-state index is 13.4. The lowest BCUT2D eigenvalue weighted by Gasteiger charge is -2.34. The summed E-state index contributed by atoms with van der Waals surface area (Å²) in [6.07, 6.45) is 0.859. The second-order valence-electron chi connectivity index (χ2n) is 4.75. The predicted molar refractivity (Wildman–Crippen MR) is 88.8 cm³/mol. The van der Waals surface area contributed by atoms with Gasteiger partial charge >= 0.3 is 0 Å². The Kier molecular flexibility index (Phi) is 6.06. The molecule has 106 valence electrons. The lowest BCUT2D eigenvalue weighted by Crippen LogP contribution is -2.44. The van der Waals surface area contributed by atoms with Crippen molar-refractivity contribution in [2.24, 2.45) is 0 Å². The molecule has 1 N–H and O–H groups in total. The topological polar surface area (TPSA) is 12.0 Å². The van der Waals surface area contributed by atoms with Gasteiger partial charge in [-0.05, 0) is 37.2 Å². The van der Waals surface area contributed by atoms with Crippen molar-refractivity contribution in [2.45, 2.75) is 29.9 Å². The summed E-state index contributed by atoms with van der Waals surface area (Å²) < 4.78 is 14.4. The fraction of sp³-hybridized carbons (Fsp3) is 0.571. The van der Waals surface area contributed by atoms with Crippen LogP contribution in [0.2, 0.25) is 0 Å². The fourth-order valence-corrected chi connectivity index (χ4v) is 5.82. The molecule has 1 aliphatic rings. The number of rotatable bonds is 4. The van der Waals surface area contributed by atoms with Crippen LogP contribution in [-0.4, -0.2) is 35.1 Å². The molecule has 0 aliphatic carbocycles. The highest BCUT2D eigenvalue weighted by Gasteiger charge is 2.29. The Balaban J connectivity index is 2.11. The summed E-state index contributed by atoms with van der Waals surface area (Å²) in [4.78, 5) is 0. The van der Waals surface area contributed by atoms with Crippen molar-refractivity contribution in [1.82, 2.24) is 5.32 Å². The summed E-state index contributed by atoms with van der Waals surface area (Å²) in [6.45, 7) is 2.30. The van der Waals surface area contributed by atoms with Crippen LogP contribution < -0.4 is 5.32 Å². The summed E-state index contributed by atoms with van der Waals surface area (Å²) in [7, 11) is 2.00. The number of nitrogens with one attached hydrogen (secondary N) is 1. The Morgan fingerprint density at radius 1 is 1.42 bits per heavy atom. The van der Waals surface area contributed by atoms with Crippen LogP contribution in [-0.2, 0) is 6.42 Å². The van der Waals surface area contributed by atoms with Crippen LogP contribution in [0.5, 0.6) is 0 Å². The van der Waals surface area contributed by atoms with Gasteiger partial charge < -0.3 is 5.32 Å². The molecular weight excluding hydrogens is 345 g/mol. The SMILES string of the molecule is CNC(Cc1cc(F)ccc1Br)C1SCCSC1C. The van der Waals surface area contributed by atoms with E-state index in [1.54, 1.807) is 12.1 Å². The lowest BCUT2D eigenvalue weighted by molar-refractivity contribution is 0.527. The summed E-state index contributed by atoms with van der Waals surface area (Å²) in [5.74, 6) is 2.29. The molecule has 0 saturated carbocycles. The number of hydrogen-bond acceptors (Lipinski definition) is 3. The second-order valence-corrected chi connectivity index (χ2v) is 8.37. The molecule has 0 amide bonds. The quantitative estimate of drug-likeness (QED) is 0.869. The maximum Gasteiger partial charge on any atom is 0.123 e. The molecule has 1 fully saturated rings. The molecular formula is C14H19BrFNS2. The second kappa shape index (κ2) is 7.34. The van der Waals surface area contributed by atoms with Gasteiger partial charge in [0.1, 0.15) is 5.82 Å². The van der Waals surface area contributed by atoms with Gasteiger partial charge in [0.05, 0.1) is 0 Å². The van der Waals surface area contributed by atoms with Gasteiger partial charge in [0.15, 0.2) is 0 Å². The Bertz CT molecular complexity index is 430. The average Bonchev–Trinajstić information content (AvgIpc) is 2.41. The Hall–Kier alpha value is 0.290. The molecule has 1 saturated heterocycles. The van der Waals surface area contributed by atoms with Crippen molar-refractivity contribution >= 4 is 39.5 Å². The van der Waals surface area contributed by atoms with Crippen molar-refractivity contribution in [3.63, 3.8) is 0 Å². The highest BCUT2D eigenvalue weighted by molar-refractivity contribution is 9.10. The van der Waals surface area contributed by atoms with Crippen LogP contribution in [0, 0.1) is 5.82 Å². The average molecular weight is 364 g/mol. The standard InChI is InChI=1S/C14H19BrFNS2/c1-9-14(19-6-5-18-9)13(17-2)8-10-7-11(16)3-4-12(10)15/h3-4,7,9,13-14,17H,5-6,8H2,1-2H3. The first-order chi connectivity index (χ1) is 9.11. The van der Waals surface area contributed by atoms with E-state index in [1.165, 1.54) is 17.6 Å². The fourth-order valence-electron chi connectivity index (χ4n) is 2.41. The molecule has 1 nitrogen and oxygen atoms in total. The predicted octanol–water partition coefficient (Wildman–Crippen LogP) is 3.96. The molecule has 1 heterocycles. The molecule has 1 aromatic rings. The smallest absolute Gasteiger partial charge is 0.123 e. The van der Waals surface area contributed by atoms with Crippen LogP contribution in [0.1, 0.15) is 12.5 Å². The van der Waals surface area contributed by atoms with E-state index >= 15 is 0 Å². The Morgan fingerprint density at radius 3 is 2.84 bits per heavy atom. The molecule has 0 spiro atoms. The third-order valence-corrected chi connectivity index (χ3v) is 7.48. The van der Waals surface area contributed by atoms with Crippen molar-refractivity contribution in [2.75, 3.05) is 18.6 Å². The van der Waals surface area contributed by atoms with Crippen molar-refractivity contribution in [1.29, 1.82) is 0 Å². The van der Waals surface area contributed by atoms with E-state index < -0.39 is 0 Å². The van der Waals surface area contributed by atoms with E-state index in [1.807, 2.05) is 30.6 Å². The summed E-state index contributed by atoms with van der Waals surface area (Å²) in [5.41, 5.74) is 1.04. The number of likely N-dealkylation sites (N-methyl/N-ethyl adjacent to an activating group) is 1. The molecule has 1 aliphatic heterocycles. The highest BCUT2D eigenvalue weighted by Crippen LogP contribution is 2.34. The van der Waals surface area contributed by atoms with E-state index in [4.69, 9.17) is 0 Å². The Labute approximate surface area is 131 Å². The van der Waals surface area contributed by atoms with Crippen LogP contribution in [0.25, 0.3) is 0 Å². The first-order valence-electron chi connectivity index (χ1n) is 6.46. The van der Waals surface area contributed by atoms with Gasteiger partial charge in [0.2, 0.25) is 0 Å². The van der Waals surface area contributed by atoms with Gasteiger partial charge in [0.25, 0.3) is 0 Å². The molecule has 0 radical (unpaired) electrons. The van der Waals surface area contributed by atoms with E-state index in [-0.39, 0.29) is 5.82 Å². The van der Waals surface area contributed by atoms with Crippen LogP contribution in [0.15, 0.2) is 22.7 Å². The summed E-state index contributed by atoms with van der Waals surface area (Å²) in [5, 5.41) is 4.64. The molecule has 5 heteroatoms. The summed E-state index contributed by atoms with van der Waals surface area (Å²) in [6, 6.07) is 5.31. The zero-order valence-electron chi connectivity index (χ0n) is 11.2. The van der Waals surface area contributed by atoms with Gasteiger partial charge in [-0.2, -0.15) is 23.5 Å². The number of thioether (sulfide) groups is 2. The monoisotopic (exact) mass is 363 g/mol. The third-order valence-electron chi connectivity index (χ3n) is 3.45. The van der Waals surface area contributed by atoms with E-state index in [0.717, 1.165) is 16.5 Å². The normalized spacial score (nSPS) is 25.3. The molecule has 0 bridgehead atoms. The molecule has 3 unspecified atom stereocenters. The minimum absolute atomic E-state index is 0.160. The van der Waals surface area contributed by atoms with E-state index in [2.05, 4.69) is 28.2 Å². The van der Waals surface area contributed by atoms with Crippen molar-refractivity contribution in [3.05, 3.63) is 34.1 Å². The molecule has 3 atom stereocenters. The minimum Gasteiger partial charge on any atom is -0.316 e. The zero-order valence-corrected chi connectivity index (χ0v) is 14.4. The van der Waals surface area contributed by atoms with Gasteiger partial charge in [-0.15, -0.1) is 0 Å². The highest BCUT2D eigenvalue weighted by atomic mass is 79.9. The largest absolute Gasteiger partial charge is 0.316 e. The van der Waals surface area contributed by atoms with Gasteiger partial charge in [0, 0.05) is 32.5 Å². The van der Waals surface area contributed by atoms with Gasteiger partial charge in [-0.3, -0.25) is 0 Å². The zero-order chi connectivity index (χ0) is 13.8. The van der Waals surface area contributed by atoms with Crippen LogP contribution in [0.3, 0.4) is 0 Å². The number of halogens is 2. The van der Waals surface area contributed by atoms with E-state index in [9.17, 15) is 4.39 Å². The van der Waals surface area contributed by atoms with Crippen LogP contribution >= 0.6 is 39.5 Å². The number of hydrogen-bond donors (Lipinski definition) is 1. The van der Waals surface area contributed by atoms with Gasteiger partial charge in [-0.25, -0.2) is 4.39 Å².